The molecule has 2 aromatic heterocycles. The lowest BCUT2D eigenvalue weighted by atomic mass is 9.98. The van der Waals surface area contributed by atoms with Gasteiger partial charge >= 0.3 is 0 Å². The summed E-state index contributed by atoms with van der Waals surface area (Å²) in [6, 6.07) is 10.4. The fourth-order valence-corrected chi connectivity index (χ4v) is 6.99. The van der Waals surface area contributed by atoms with E-state index in [-0.39, 0.29) is 11.8 Å². The Labute approximate surface area is 184 Å². The average molecular weight is 465 g/mol. The van der Waals surface area contributed by atoms with Crippen molar-refractivity contribution in [3.05, 3.63) is 41.3 Å². The molecule has 1 amide bonds. The second kappa shape index (κ2) is 8.62. The van der Waals surface area contributed by atoms with Gasteiger partial charge in [-0.1, -0.05) is 29.5 Å². The molecule has 0 saturated carbocycles. The zero-order valence-corrected chi connectivity index (χ0v) is 19.3. The van der Waals surface area contributed by atoms with Crippen molar-refractivity contribution in [3.8, 4) is 0 Å². The number of hydrogen-bond donors (Lipinski definition) is 1. The number of carbonyl (C=O) groups excluding carboxylic acids is 1. The van der Waals surface area contributed by atoms with Crippen molar-refractivity contribution in [1.29, 1.82) is 0 Å². The van der Waals surface area contributed by atoms with E-state index in [2.05, 4.69) is 10.3 Å². The van der Waals surface area contributed by atoms with Crippen LogP contribution in [-0.2, 0) is 10.0 Å². The molecule has 1 aliphatic rings. The predicted octanol–water partition coefficient (Wildman–Crippen LogP) is 3.25. The first-order valence-corrected chi connectivity index (χ1v) is 12.8. The highest BCUT2D eigenvalue weighted by molar-refractivity contribution is 7.89. The minimum Gasteiger partial charge on any atom is -0.354 e. The second-order valence-electron chi connectivity index (χ2n) is 7.54. The second-order valence-corrected chi connectivity index (χ2v) is 11.5. The number of sulfonamides is 1. The van der Waals surface area contributed by atoms with Crippen LogP contribution in [0, 0.1) is 5.92 Å². The van der Waals surface area contributed by atoms with Crippen molar-refractivity contribution in [3.63, 3.8) is 0 Å². The molecule has 7 nitrogen and oxygen atoms in total. The van der Waals surface area contributed by atoms with Crippen LogP contribution in [0.5, 0.6) is 0 Å². The average Bonchev–Trinajstić information content (AvgIpc) is 3.33. The van der Waals surface area contributed by atoms with Gasteiger partial charge in [0.25, 0.3) is 5.91 Å². The zero-order valence-electron chi connectivity index (χ0n) is 16.9. The summed E-state index contributed by atoms with van der Waals surface area (Å²) >= 11 is 2.98. The van der Waals surface area contributed by atoms with Crippen molar-refractivity contribution in [1.82, 2.24) is 14.6 Å². The highest BCUT2D eigenvalue weighted by atomic mass is 32.2. The predicted molar refractivity (Wildman–Crippen MR) is 122 cm³/mol. The first kappa shape index (κ1) is 21.2. The summed E-state index contributed by atoms with van der Waals surface area (Å²) in [5.74, 6) is 0.187. The summed E-state index contributed by atoms with van der Waals surface area (Å²) in [6.07, 6.45) is 1.47. The molecule has 1 N–H and O–H groups in total. The van der Waals surface area contributed by atoms with E-state index in [0.29, 0.717) is 29.4 Å². The third-order valence-electron chi connectivity index (χ3n) is 5.19. The molecule has 30 heavy (non-hydrogen) atoms. The third kappa shape index (κ3) is 4.36. The summed E-state index contributed by atoms with van der Waals surface area (Å²) < 4.78 is 28.0. The molecule has 0 aliphatic carbocycles. The molecule has 0 bridgehead atoms. The lowest BCUT2D eigenvalue weighted by molar-refractivity contribution is 0.0945. The van der Waals surface area contributed by atoms with Crippen molar-refractivity contribution >= 4 is 53.3 Å². The summed E-state index contributed by atoms with van der Waals surface area (Å²) in [5, 5.41) is 3.94. The van der Waals surface area contributed by atoms with Gasteiger partial charge in [-0.25, -0.2) is 13.4 Å². The molecule has 0 radical (unpaired) electrons. The molecule has 160 valence electrons. The Kier molecular flexibility index (Phi) is 6.10. The quantitative estimate of drug-likeness (QED) is 0.606. The molecule has 3 aromatic rings. The number of thiophene rings is 1. The summed E-state index contributed by atoms with van der Waals surface area (Å²) in [7, 11) is 0.462. The van der Waals surface area contributed by atoms with Crippen LogP contribution in [-0.4, -0.2) is 57.3 Å². The van der Waals surface area contributed by atoms with Crippen molar-refractivity contribution in [2.24, 2.45) is 5.92 Å². The fourth-order valence-electron chi connectivity index (χ4n) is 3.45. The van der Waals surface area contributed by atoms with Gasteiger partial charge in [0.05, 0.1) is 14.5 Å². The molecule has 4 rings (SSSR count). The Hall–Kier alpha value is -2.01. The van der Waals surface area contributed by atoms with Gasteiger partial charge in [-0.3, -0.25) is 4.79 Å². The van der Waals surface area contributed by atoms with E-state index < -0.39 is 10.0 Å². The van der Waals surface area contributed by atoms with Crippen LogP contribution < -0.4 is 10.2 Å². The fraction of sp³-hybridized carbons (Fsp3) is 0.400. The molecule has 0 atom stereocenters. The lowest BCUT2D eigenvalue weighted by Gasteiger charge is -2.31. The van der Waals surface area contributed by atoms with E-state index in [1.54, 1.807) is 39.9 Å². The Bertz CT molecular complexity index is 1100. The standard InChI is InChI=1S/C20H24N4O3S3/c1-23(2)20-22-19-17(29-20)12-16(28-19)18(25)21-13-14-8-10-24(11-9-14)30(26,27)15-6-4-3-5-7-15/h3-7,12,14H,8-11,13H2,1-2H3,(H,21,25). The van der Waals surface area contributed by atoms with Gasteiger partial charge in [0.1, 0.15) is 4.83 Å². The molecule has 3 heterocycles. The van der Waals surface area contributed by atoms with E-state index in [0.717, 1.165) is 27.5 Å². The minimum atomic E-state index is -3.44. The van der Waals surface area contributed by atoms with Crippen molar-refractivity contribution in [2.45, 2.75) is 17.7 Å². The Balaban J connectivity index is 1.30. The van der Waals surface area contributed by atoms with Crippen molar-refractivity contribution in [2.75, 3.05) is 38.6 Å². The number of nitrogens with zero attached hydrogens (tertiary/aromatic N) is 3. The van der Waals surface area contributed by atoms with Crippen LogP contribution >= 0.6 is 22.7 Å². The van der Waals surface area contributed by atoms with Gasteiger partial charge in [-0.05, 0) is 37.0 Å². The summed E-state index contributed by atoms with van der Waals surface area (Å²) in [6.45, 7) is 1.51. The number of aromatic nitrogens is 1. The van der Waals surface area contributed by atoms with Crippen molar-refractivity contribution < 1.29 is 13.2 Å². The molecule has 1 saturated heterocycles. The van der Waals surface area contributed by atoms with Gasteiger partial charge in [-0.15, -0.1) is 11.3 Å². The Morgan fingerprint density at radius 3 is 2.53 bits per heavy atom. The minimum absolute atomic E-state index is 0.0871. The Morgan fingerprint density at radius 2 is 1.90 bits per heavy atom. The summed E-state index contributed by atoms with van der Waals surface area (Å²) in [4.78, 5) is 20.9. The van der Waals surface area contributed by atoms with Crippen LogP contribution in [0.4, 0.5) is 5.13 Å². The maximum atomic E-state index is 12.7. The van der Waals surface area contributed by atoms with Crippen LogP contribution in [0.3, 0.4) is 0 Å². The Morgan fingerprint density at radius 1 is 1.20 bits per heavy atom. The van der Waals surface area contributed by atoms with Crippen LogP contribution in [0.15, 0.2) is 41.3 Å². The summed E-state index contributed by atoms with van der Waals surface area (Å²) in [5.41, 5.74) is 0. The number of fused-ring (bicyclic) bond motifs is 1. The highest BCUT2D eigenvalue weighted by Gasteiger charge is 2.29. The van der Waals surface area contributed by atoms with Crippen LogP contribution in [0.1, 0.15) is 22.5 Å². The normalized spacial score (nSPS) is 16.1. The largest absolute Gasteiger partial charge is 0.354 e. The maximum absolute atomic E-state index is 12.7. The smallest absolute Gasteiger partial charge is 0.261 e. The molecule has 10 heteroatoms. The number of piperidine rings is 1. The monoisotopic (exact) mass is 464 g/mol. The van der Waals surface area contributed by atoms with E-state index >= 15 is 0 Å². The van der Waals surface area contributed by atoms with E-state index in [9.17, 15) is 13.2 Å². The number of amides is 1. The molecule has 0 unspecified atom stereocenters. The first-order chi connectivity index (χ1) is 14.3. The van der Waals surface area contributed by atoms with E-state index in [1.165, 1.54) is 11.3 Å². The number of hydrogen-bond acceptors (Lipinski definition) is 7. The molecular formula is C20H24N4O3S3. The number of nitrogens with one attached hydrogen (secondary N) is 1. The first-order valence-electron chi connectivity index (χ1n) is 9.75. The van der Waals surface area contributed by atoms with Gasteiger partial charge in [0.15, 0.2) is 5.13 Å². The molecule has 0 spiro atoms. The number of benzene rings is 1. The zero-order chi connectivity index (χ0) is 21.3. The lowest BCUT2D eigenvalue weighted by Crippen LogP contribution is -2.41. The van der Waals surface area contributed by atoms with Crippen LogP contribution in [0.2, 0.25) is 0 Å². The third-order valence-corrected chi connectivity index (χ3v) is 9.43. The van der Waals surface area contributed by atoms with E-state index in [1.807, 2.05) is 31.1 Å². The van der Waals surface area contributed by atoms with Gasteiger partial charge in [0.2, 0.25) is 10.0 Å². The molecule has 1 fully saturated rings. The number of anilines is 1. The molecular weight excluding hydrogens is 440 g/mol. The van der Waals surface area contributed by atoms with E-state index in [4.69, 9.17) is 0 Å². The van der Waals surface area contributed by atoms with Gasteiger partial charge in [0, 0.05) is 33.7 Å². The molecule has 1 aliphatic heterocycles. The number of thiazole rings is 1. The number of carbonyl (C=O) groups is 1. The van der Waals surface area contributed by atoms with Gasteiger partial charge < -0.3 is 10.2 Å². The number of rotatable bonds is 6. The topological polar surface area (TPSA) is 82.6 Å². The van der Waals surface area contributed by atoms with Gasteiger partial charge in [-0.2, -0.15) is 4.31 Å². The van der Waals surface area contributed by atoms with Crippen LogP contribution in [0.25, 0.3) is 9.53 Å². The SMILES string of the molecule is CN(C)c1nc2sc(C(=O)NCC3CCN(S(=O)(=O)c4ccccc4)CC3)cc2s1. The maximum Gasteiger partial charge on any atom is 0.261 e. The highest BCUT2D eigenvalue weighted by Crippen LogP contribution is 2.34. The molecule has 1 aromatic carbocycles.